The second-order valence-corrected chi connectivity index (χ2v) is 9.48. The second-order valence-electron chi connectivity index (χ2n) is 9.48. The minimum absolute atomic E-state index is 0.316. The lowest BCUT2D eigenvalue weighted by Crippen LogP contribution is -2.05. The zero-order valence-corrected chi connectivity index (χ0v) is 21.2. The van der Waals surface area contributed by atoms with E-state index in [0.717, 1.165) is 12.8 Å². The van der Waals surface area contributed by atoms with Crippen molar-refractivity contribution in [3.63, 3.8) is 0 Å². The van der Waals surface area contributed by atoms with E-state index in [0.29, 0.717) is 12.3 Å². The molecular weight excluding hydrogens is 382 g/mol. The highest BCUT2D eigenvalue weighted by Gasteiger charge is 1.98. The summed E-state index contributed by atoms with van der Waals surface area (Å²) in [6.07, 6.45) is 31.8. The van der Waals surface area contributed by atoms with Crippen molar-refractivity contribution in [3.05, 3.63) is 11.8 Å². The number of unbranched alkanes of at least 4 members (excludes halogenated alkanes) is 21. The topological polar surface area (TPSA) is 52.3 Å². The van der Waals surface area contributed by atoms with Gasteiger partial charge in [-0.3, -0.25) is 0 Å². The molecule has 0 aliphatic heterocycles. The molecule has 0 aliphatic carbocycles. The molecule has 0 saturated carbocycles. The van der Waals surface area contributed by atoms with Crippen LogP contribution in [0, 0.1) is 0 Å². The molecule has 0 radical (unpaired) electrons. The van der Waals surface area contributed by atoms with Gasteiger partial charge in [0.05, 0.1) is 6.61 Å². The minimum atomic E-state index is -0.316. The van der Waals surface area contributed by atoms with Gasteiger partial charge in [-0.05, 0) is 13.3 Å². The fraction of sp³-hybridized carbons (Fsp3) is 0.893. The standard InChI is InChI=1S/C28H55NO2/c1-3-4-5-6-7-8-9-10-11-12-13-14-15-16-17-18-19-20-21-22-23-24-25-31-28(30)26-27(2)29/h26H,3-25,29H2,1-2H3/b27-26-. The highest BCUT2D eigenvalue weighted by atomic mass is 16.5. The summed E-state index contributed by atoms with van der Waals surface area (Å²) in [5.74, 6) is -0.316. The summed E-state index contributed by atoms with van der Waals surface area (Å²) in [7, 11) is 0. The molecule has 0 bridgehead atoms. The van der Waals surface area contributed by atoms with Gasteiger partial charge in [-0.2, -0.15) is 0 Å². The van der Waals surface area contributed by atoms with Gasteiger partial charge in [0.15, 0.2) is 0 Å². The van der Waals surface area contributed by atoms with Gasteiger partial charge in [-0.25, -0.2) is 4.79 Å². The molecule has 2 N–H and O–H groups in total. The molecule has 3 nitrogen and oxygen atoms in total. The van der Waals surface area contributed by atoms with Gasteiger partial charge in [-0.1, -0.05) is 142 Å². The maximum Gasteiger partial charge on any atom is 0.332 e. The monoisotopic (exact) mass is 437 g/mol. The van der Waals surface area contributed by atoms with Crippen LogP contribution < -0.4 is 5.73 Å². The van der Waals surface area contributed by atoms with Crippen LogP contribution >= 0.6 is 0 Å². The van der Waals surface area contributed by atoms with Crippen molar-refractivity contribution in [1.82, 2.24) is 0 Å². The summed E-state index contributed by atoms with van der Waals surface area (Å²) in [4.78, 5) is 11.3. The molecule has 0 heterocycles. The van der Waals surface area contributed by atoms with Crippen LogP contribution in [-0.4, -0.2) is 12.6 Å². The molecule has 31 heavy (non-hydrogen) atoms. The van der Waals surface area contributed by atoms with Crippen molar-refractivity contribution in [2.75, 3.05) is 6.61 Å². The van der Waals surface area contributed by atoms with E-state index >= 15 is 0 Å². The van der Waals surface area contributed by atoms with Crippen molar-refractivity contribution in [2.24, 2.45) is 5.73 Å². The maximum atomic E-state index is 11.3. The Balaban J connectivity index is 3.08. The van der Waals surface area contributed by atoms with Crippen molar-refractivity contribution < 1.29 is 9.53 Å². The molecule has 0 saturated heterocycles. The van der Waals surface area contributed by atoms with Crippen LogP contribution in [0.5, 0.6) is 0 Å². The maximum absolute atomic E-state index is 11.3. The largest absolute Gasteiger partial charge is 0.462 e. The van der Waals surface area contributed by atoms with Gasteiger partial charge in [-0.15, -0.1) is 0 Å². The van der Waals surface area contributed by atoms with Gasteiger partial charge in [0.2, 0.25) is 0 Å². The number of esters is 1. The van der Waals surface area contributed by atoms with E-state index in [9.17, 15) is 4.79 Å². The first kappa shape index (κ1) is 30.0. The smallest absolute Gasteiger partial charge is 0.332 e. The number of allylic oxidation sites excluding steroid dienone is 1. The van der Waals surface area contributed by atoms with Gasteiger partial charge in [0.1, 0.15) is 0 Å². The van der Waals surface area contributed by atoms with Crippen LogP contribution in [0.2, 0.25) is 0 Å². The zero-order valence-electron chi connectivity index (χ0n) is 21.2. The number of hydrogen-bond acceptors (Lipinski definition) is 3. The summed E-state index contributed by atoms with van der Waals surface area (Å²) in [5, 5.41) is 0. The molecular formula is C28H55NO2. The first-order valence-electron chi connectivity index (χ1n) is 13.8. The number of hydrogen-bond donors (Lipinski definition) is 1. The number of rotatable bonds is 24. The van der Waals surface area contributed by atoms with Crippen molar-refractivity contribution in [2.45, 2.75) is 155 Å². The number of nitrogens with two attached hydrogens (primary N) is 1. The first-order chi connectivity index (χ1) is 15.2. The van der Waals surface area contributed by atoms with Crippen LogP contribution in [0.1, 0.15) is 155 Å². The summed E-state index contributed by atoms with van der Waals surface area (Å²) in [5.41, 5.74) is 5.94. The molecule has 0 rings (SSSR count). The highest BCUT2D eigenvalue weighted by molar-refractivity contribution is 5.82. The van der Waals surface area contributed by atoms with Crippen molar-refractivity contribution in [1.29, 1.82) is 0 Å². The molecule has 3 heteroatoms. The minimum Gasteiger partial charge on any atom is -0.462 e. The Morgan fingerprint density at radius 3 is 1.16 bits per heavy atom. The Hall–Kier alpha value is -0.990. The Morgan fingerprint density at radius 1 is 0.581 bits per heavy atom. The quantitative estimate of drug-likeness (QED) is 0.0930. The van der Waals surface area contributed by atoms with Crippen LogP contribution in [-0.2, 0) is 9.53 Å². The Morgan fingerprint density at radius 2 is 0.871 bits per heavy atom. The molecule has 184 valence electrons. The predicted molar refractivity (Wildman–Crippen MR) is 136 cm³/mol. The second kappa shape index (κ2) is 25.3. The zero-order chi connectivity index (χ0) is 22.8. The fourth-order valence-corrected chi connectivity index (χ4v) is 4.11. The molecule has 0 aromatic rings. The third kappa shape index (κ3) is 27.0. The van der Waals surface area contributed by atoms with Crippen molar-refractivity contribution in [3.8, 4) is 0 Å². The van der Waals surface area contributed by atoms with Crippen molar-refractivity contribution >= 4 is 5.97 Å². The lowest BCUT2D eigenvalue weighted by atomic mass is 10.0. The average Bonchev–Trinajstić information content (AvgIpc) is 2.73. The molecule has 0 aliphatic rings. The average molecular weight is 438 g/mol. The Labute approximate surface area is 195 Å². The van der Waals surface area contributed by atoms with Gasteiger partial charge >= 0.3 is 5.97 Å². The summed E-state index contributed by atoms with van der Waals surface area (Å²) >= 11 is 0. The third-order valence-electron chi connectivity index (χ3n) is 6.09. The van der Waals surface area contributed by atoms with E-state index in [1.54, 1.807) is 6.92 Å². The Kier molecular flexibility index (Phi) is 24.5. The SMILES string of the molecule is CCCCCCCCCCCCCCCCCCCCCCCCOC(=O)/C=C(/C)N. The van der Waals surface area contributed by atoms with Gasteiger partial charge in [0, 0.05) is 11.8 Å². The number of carbonyl (C=O) groups is 1. The molecule has 0 fully saturated rings. The summed E-state index contributed by atoms with van der Waals surface area (Å²) < 4.78 is 5.10. The number of ether oxygens (including phenoxy) is 1. The summed E-state index contributed by atoms with van der Waals surface area (Å²) in [6.45, 7) is 4.50. The fourth-order valence-electron chi connectivity index (χ4n) is 4.11. The van der Waals surface area contributed by atoms with E-state index in [4.69, 9.17) is 10.5 Å². The first-order valence-corrected chi connectivity index (χ1v) is 13.8. The lowest BCUT2D eigenvalue weighted by molar-refractivity contribution is -0.137. The van der Waals surface area contributed by atoms with Crippen LogP contribution in [0.4, 0.5) is 0 Å². The van der Waals surface area contributed by atoms with Crippen LogP contribution in [0.15, 0.2) is 11.8 Å². The van der Waals surface area contributed by atoms with E-state index in [2.05, 4.69) is 6.92 Å². The van der Waals surface area contributed by atoms with Gasteiger partial charge in [0.25, 0.3) is 0 Å². The Bertz CT molecular complexity index is 402. The van der Waals surface area contributed by atoms with E-state index in [1.165, 1.54) is 134 Å². The molecule has 0 atom stereocenters. The molecule has 0 unspecified atom stereocenters. The molecule has 0 spiro atoms. The predicted octanol–water partition coefficient (Wildman–Crippen LogP) is 8.99. The normalized spacial score (nSPS) is 11.7. The number of carbonyl (C=O) groups excluding carboxylic acids is 1. The molecule has 0 amide bonds. The molecule has 0 aromatic carbocycles. The lowest BCUT2D eigenvalue weighted by Gasteiger charge is -2.04. The van der Waals surface area contributed by atoms with E-state index < -0.39 is 0 Å². The third-order valence-corrected chi connectivity index (χ3v) is 6.09. The van der Waals surface area contributed by atoms with E-state index in [1.807, 2.05) is 0 Å². The molecule has 0 aromatic heterocycles. The van der Waals surface area contributed by atoms with Crippen LogP contribution in [0.3, 0.4) is 0 Å². The van der Waals surface area contributed by atoms with Gasteiger partial charge < -0.3 is 10.5 Å². The van der Waals surface area contributed by atoms with E-state index in [-0.39, 0.29) is 5.97 Å². The summed E-state index contributed by atoms with van der Waals surface area (Å²) in [6, 6.07) is 0. The van der Waals surface area contributed by atoms with Crippen LogP contribution in [0.25, 0.3) is 0 Å². The highest BCUT2D eigenvalue weighted by Crippen LogP contribution is 2.15.